The van der Waals surface area contributed by atoms with E-state index in [9.17, 15) is 0 Å². The van der Waals surface area contributed by atoms with Gasteiger partial charge in [0.1, 0.15) is 5.75 Å². The number of para-hydroxylation sites is 3. The summed E-state index contributed by atoms with van der Waals surface area (Å²) in [5.74, 6) is 0.883. The maximum atomic E-state index is 5.45. The van der Waals surface area contributed by atoms with Gasteiger partial charge >= 0.3 is 0 Å². The van der Waals surface area contributed by atoms with E-state index in [4.69, 9.17) is 4.74 Å². The van der Waals surface area contributed by atoms with Gasteiger partial charge in [0.25, 0.3) is 0 Å². The van der Waals surface area contributed by atoms with Crippen LogP contribution in [-0.4, -0.2) is 20.7 Å². The van der Waals surface area contributed by atoms with Crippen molar-refractivity contribution in [2.75, 3.05) is 25.6 Å². The lowest BCUT2D eigenvalue weighted by Crippen LogP contribution is -2.17. The third-order valence-electron chi connectivity index (χ3n) is 3.36. The summed E-state index contributed by atoms with van der Waals surface area (Å²) < 4.78 is 5.45. The first-order chi connectivity index (χ1) is 9.77. The average Bonchev–Trinajstić information content (AvgIpc) is 2.52. The van der Waals surface area contributed by atoms with Crippen LogP contribution in [0.15, 0.2) is 48.5 Å². The van der Waals surface area contributed by atoms with Crippen LogP contribution in [-0.2, 0) is 6.54 Å². The molecule has 0 atom stereocenters. The van der Waals surface area contributed by atoms with Crippen LogP contribution in [0.1, 0.15) is 12.5 Å². The van der Waals surface area contributed by atoms with Crippen LogP contribution in [0.2, 0.25) is 0 Å². The fourth-order valence-electron chi connectivity index (χ4n) is 2.28. The van der Waals surface area contributed by atoms with Crippen molar-refractivity contribution in [3.63, 3.8) is 0 Å². The zero-order valence-corrected chi connectivity index (χ0v) is 12.4. The third kappa shape index (κ3) is 3.11. The SMILES string of the molecule is CCNCc1ccccc1N(C)c1ccccc1OC. The van der Waals surface area contributed by atoms with Gasteiger partial charge in [-0.2, -0.15) is 0 Å². The second-order valence-electron chi connectivity index (χ2n) is 4.64. The Hall–Kier alpha value is -2.00. The molecular formula is C17H22N2O. The largest absolute Gasteiger partial charge is 0.495 e. The van der Waals surface area contributed by atoms with Crippen molar-refractivity contribution in [1.29, 1.82) is 0 Å². The highest BCUT2D eigenvalue weighted by Gasteiger charge is 2.12. The summed E-state index contributed by atoms with van der Waals surface area (Å²) in [7, 11) is 3.78. The van der Waals surface area contributed by atoms with E-state index >= 15 is 0 Å². The van der Waals surface area contributed by atoms with Crippen LogP contribution >= 0.6 is 0 Å². The molecule has 0 bridgehead atoms. The van der Waals surface area contributed by atoms with Gasteiger partial charge in [0, 0.05) is 19.3 Å². The molecule has 0 aliphatic rings. The summed E-state index contributed by atoms with van der Waals surface area (Å²) >= 11 is 0. The van der Waals surface area contributed by atoms with Gasteiger partial charge in [-0.15, -0.1) is 0 Å². The molecule has 0 fully saturated rings. The van der Waals surface area contributed by atoms with E-state index in [2.05, 4.69) is 54.5 Å². The minimum Gasteiger partial charge on any atom is -0.495 e. The van der Waals surface area contributed by atoms with E-state index in [0.717, 1.165) is 24.5 Å². The van der Waals surface area contributed by atoms with E-state index in [1.807, 2.05) is 18.2 Å². The third-order valence-corrected chi connectivity index (χ3v) is 3.36. The molecule has 0 aliphatic heterocycles. The molecule has 0 aromatic heterocycles. The summed E-state index contributed by atoms with van der Waals surface area (Å²) in [4.78, 5) is 2.17. The minimum atomic E-state index is 0.867. The van der Waals surface area contributed by atoms with Gasteiger partial charge in [-0.05, 0) is 30.3 Å². The first kappa shape index (κ1) is 14.4. The molecule has 0 unspecified atom stereocenters. The normalized spacial score (nSPS) is 10.3. The van der Waals surface area contributed by atoms with Gasteiger partial charge in [0.2, 0.25) is 0 Å². The fourth-order valence-corrected chi connectivity index (χ4v) is 2.28. The molecule has 20 heavy (non-hydrogen) atoms. The van der Waals surface area contributed by atoms with Crippen LogP contribution in [0.4, 0.5) is 11.4 Å². The quantitative estimate of drug-likeness (QED) is 0.868. The molecule has 0 aliphatic carbocycles. The smallest absolute Gasteiger partial charge is 0.142 e. The molecule has 1 N–H and O–H groups in total. The Morgan fingerprint density at radius 2 is 1.65 bits per heavy atom. The summed E-state index contributed by atoms with van der Waals surface area (Å²) in [6.07, 6.45) is 0. The summed E-state index contributed by atoms with van der Waals surface area (Å²) in [6, 6.07) is 16.5. The number of hydrogen-bond acceptors (Lipinski definition) is 3. The molecular weight excluding hydrogens is 248 g/mol. The van der Waals surface area contributed by atoms with Crippen LogP contribution in [0.5, 0.6) is 5.75 Å². The van der Waals surface area contributed by atoms with Crippen LogP contribution in [0.25, 0.3) is 0 Å². The second-order valence-corrected chi connectivity index (χ2v) is 4.64. The maximum absolute atomic E-state index is 5.45. The highest BCUT2D eigenvalue weighted by Crippen LogP contribution is 2.33. The zero-order chi connectivity index (χ0) is 14.4. The number of nitrogens with one attached hydrogen (secondary N) is 1. The molecule has 0 saturated carbocycles. The monoisotopic (exact) mass is 270 g/mol. The summed E-state index contributed by atoms with van der Waals surface area (Å²) in [5, 5.41) is 3.38. The van der Waals surface area contributed by atoms with Gasteiger partial charge in [0.05, 0.1) is 12.8 Å². The molecule has 0 radical (unpaired) electrons. The van der Waals surface area contributed by atoms with Crippen molar-refractivity contribution >= 4 is 11.4 Å². The van der Waals surface area contributed by atoms with E-state index in [1.165, 1.54) is 11.3 Å². The number of benzene rings is 2. The fraction of sp³-hybridized carbons (Fsp3) is 0.294. The minimum absolute atomic E-state index is 0.867. The Kier molecular flexibility index (Phi) is 5.02. The molecule has 2 aromatic carbocycles. The second kappa shape index (κ2) is 6.96. The summed E-state index contributed by atoms with van der Waals surface area (Å²) in [6.45, 7) is 3.95. The van der Waals surface area contributed by atoms with Crippen LogP contribution < -0.4 is 15.0 Å². The zero-order valence-electron chi connectivity index (χ0n) is 12.4. The molecule has 0 spiro atoms. The van der Waals surface area contributed by atoms with Crippen LogP contribution in [0.3, 0.4) is 0 Å². The van der Waals surface area contributed by atoms with E-state index in [-0.39, 0.29) is 0 Å². The predicted molar refractivity (Wildman–Crippen MR) is 84.9 cm³/mol. The standard InChI is InChI=1S/C17H22N2O/c1-4-18-13-14-9-5-6-10-15(14)19(2)16-11-7-8-12-17(16)20-3/h5-12,18H,4,13H2,1-3H3. The molecule has 2 aromatic rings. The van der Waals surface area contributed by atoms with Crippen molar-refractivity contribution in [1.82, 2.24) is 5.32 Å². The molecule has 0 saturated heterocycles. The number of hydrogen-bond donors (Lipinski definition) is 1. The number of rotatable bonds is 6. The Morgan fingerprint density at radius 1 is 1.00 bits per heavy atom. The molecule has 3 nitrogen and oxygen atoms in total. The Labute approximate surface area is 121 Å². The molecule has 2 rings (SSSR count). The molecule has 3 heteroatoms. The lowest BCUT2D eigenvalue weighted by Gasteiger charge is -2.24. The van der Waals surface area contributed by atoms with Crippen molar-refractivity contribution in [2.24, 2.45) is 0 Å². The van der Waals surface area contributed by atoms with Gasteiger partial charge in [0.15, 0.2) is 0 Å². The van der Waals surface area contributed by atoms with Crippen molar-refractivity contribution in [3.8, 4) is 5.75 Å². The van der Waals surface area contributed by atoms with E-state index in [1.54, 1.807) is 7.11 Å². The van der Waals surface area contributed by atoms with Crippen molar-refractivity contribution < 1.29 is 4.74 Å². The van der Waals surface area contributed by atoms with E-state index in [0.29, 0.717) is 0 Å². The van der Waals surface area contributed by atoms with Gasteiger partial charge in [-0.25, -0.2) is 0 Å². The number of ether oxygens (including phenoxy) is 1. The van der Waals surface area contributed by atoms with E-state index < -0.39 is 0 Å². The van der Waals surface area contributed by atoms with Crippen molar-refractivity contribution in [2.45, 2.75) is 13.5 Å². The molecule has 0 amide bonds. The lowest BCUT2D eigenvalue weighted by molar-refractivity contribution is 0.415. The first-order valence-electron chi connectivity index (χ1n) is 6.93. The first-order valence-corrected chi connectivity index (χ1v) is 6.93. The Bertz CT molecular complexity index is 554. The average molecular weight is 270 g/mol. The number of nitrogens with zero attached hydrogens (tertiary/aromatic N) is 1. The van der Waals surface area contributed by atoms with Crippen LogP contribution in [0, 0.1) is 0 Å². The predicted octanol–water partition coefficient (Wildman–Crippen LogP) is 3.57. The highest BCUT2D eigenvalue weighted by molar-refractivity contribution is 5.70. The Balaban J connectivity index is 2.35. The number of methoxy groups -OCH3 is 1. The van der Waals surface area contributed by atoms with Gasteiger partial charge < -0.3 is 15.0 Å². The number of anilines is 2. The Morgan fingerprint density at radius 3 is 2.35 bits per heavy atom. The van der Waals surface area contributed by atoms with Gasteiger partial charge in [-0.1, -0.05) is 37.3 Å². The topological polar surface area (TPSA) is 24.5 Å². The molecule has 106 valence electrons. The maximum Gasteiger partial charge on any atom is 0.142 e. The molecule has 0 heterocycles. The van der Waals surface area contributed by atoms with Crippen molar-refractivity contribution in [3.05, 3.63) is 54.1 Å². The van der Waals surface area contributed by atoms with Gasteiger partial charge in [-0.3, -0.25) is 0 Å². The summed E-state index contributed by atoms with van der Waals surface area (Å²) in [5.41, 5.74) is 3.54. The highest BCUT2D eigenvalue weighted by atomic mass is 16.5. The lowest BCUT2D eigenvalue weighted by atomic mass is 10.1.